The maximum atomic E-state index is 13.1. The Morgan fingerprint density at radius 1 is 1.06 bits per heavy atom. The third kappa shape index (κ3) is 4.78. The molecule has 4 rings (SSSR count). The summed E-state index contributed by atoms with van der Waals surface area (Å²) in [5.41, 5.74) is 1.33. The molecule has 0 fully saturated rings. The molecule has 31 heavy (non-hydrogen) atoms. The van der Waals surface area contributed by atoms with Crippen LogP contribution in [0.15, 0.2) is 66.9 Å². The van der Waals surface area contributed by atoms with Gasteiger partial charge in [0.1, 0.15) is 23.3 Å². The number of nitrogens with one attached hydrogen (secondary N) is 2. The summed E-state index contributed by atoms with van der Waals surface area (Å²) in [5.74, 6) is 0.745. The van der Waals surface area contributed by atoms with E-state index in [1.165, 1.54) is 18.2 Å². The van der Waals surface area contributed by atoms with Crippen LogP contribution in [0.5, 0.6) is 5.75 Å². The number of ether oxygens (including phenoxy) is 1. The highest BCUT2D eigenvalue weighted by Gasteiger charge is 2.32. The zero-order valence-electron chi connectivity index (χ0n) is 16.2. The number of rotatable bonds is 6. The second-order valence-electron chi connectivity index (χ2n) is 6.84. The van der Waals surface area contributed by atoms with Gasteiger partial charge in [0, 0.05) is 36.0 Å². The average Bonchev–Trinajstić information content (AvgIpc) is 3.21. The predicted molar refractivity (Wildman–Crippen MR) is 111 cm³/mol. The number of nitriles is 1. The molecule has 5 nitrogen and oxygen atoms in total. The number of hydrogen-bond acceptors (Lipinski definition) is 4. The highest BCUT2D eigenvalue weighted by molar-refractivity contribution is 5.83. The highest BCUT2D eigenvalue weighted by Crippen LogP contribution is 2.32. The van der Waals surface area contributed by atoms with Gasteiger partial charge in [0.15, 0.2) is 0 Å². The summed E-state index contributed by atoms with van der Waals surface area (Å²) >= 11 is 0. The lowest BCUT2D eigenvalue weighted by molar-refractivity contribution is -0.138. The summed E-state index contributed by atoms with van der Waals surface area (Å²) in [7, 11) is 0. The first-order valence-electron chi connectivity index (χ1n) is 9.46. The molecule has 0 aliphatic rings. The fourth-order valence-electron chi connectivity index (χ4n) is 3.28. The molecule has 2 N–H and O–H groups in total. The van der Waals surface area contributed by atoms with Gasteiger partial charge in [0.25, 0.3) is 0 Å². The number of fused-ring (bicyclic) bond motifs is 1. The topological polar surface area (TPSA) is 73.7 Å². The third-order valence-electron chi connectivity index (χ3n) is 4.70. The van der Waals surface area contributed by atoms with E-state index in [9.17, 15) is 18.4 Å². The first-order chi connectivity index (χ1) is 14.9. The number of nitrogens with zero attached hydrogens (tertiary/aromatic N) is 2. The summed E-state index contributed by atoms with van der Waals surface area (Å²) in [6.45, 7) is 0.0237. The Kier molecular flexibility index (Phi) is 5.50. The number of alkyl halides is 3. The molecule has 0 bridgehead atoms. The Balaban J connectivity index is 1.49. The van der Waals surface area contributed by atoms with Crippen molar-refractivity contribution in [1.29, 1.82) is 5.26 Å². The van der Waals surface area contributed by atoms with Gasteiger partial charge in [-0.2, -0.15) is 18.4 Å². The van der Waals surface area contributed by atoms with Gasteiger partial charge in [-0.05, 0) is 35.2 Å². The molecule has 0 amide bonds. The van der Waals surface area contributed by atoms with Crippen LogP contribution < -0.4 is 10.1 Å². The molecule has 2 heterocycles. The minimum atomic E-state index is -4.42. The lowest BCUT2D eigenvalue weighted by atomic mass is 10.0. The maximum absolute atomic E-state index is 13.1. The smallest absolute Gasteiger partial charge is 0.416 e. The highest BCUT2D eigenvalue weighted by atomic mass is 19.4. The normalized spacial score (nSPS) is 11.3. The zero-order valence-corrected chi connectivity index (χ0v) is 16.2. The molecule has 2 aromatic heterocycles. The van der Waals surface area contributed by atoms with Crippen molar-refractivity contribution in [3.63, 3.8) is 0 Å². The molecule has 2 aromatic carbocycles. The monoisotopic (exact) mass is 422 g/mol. The van der Waals surface area contributed by atoms with Crippen LogP contribution in [0, 0.1) is 11.3 Å². The second-order valence-corrected chi connectivity index (χ2v) is 6.84. The number of aromatic amines is 1. The zero-order chi connectivity index (χ0) is 21.8. The van der Waals surface area contributed by atoms with E-state index in [4.69, 9.17) is 4.74 Å². The van der Waals surface area contributed by atoms with Crippen LogP contribution in [0.2, 0.25) is 0 Å². The van der Waals surface area contributed by atoms with Gasteiger partial charge in [0.05, 0.1) is 12.2 Å². The molecule has 0 unspecified atom stereocenters. The lowest BCUT2D eigenvalue weighted by Gasteiger charge is -2.13. The van der Waals surface area contributed by atoms with Crippen LogP contribution in [0.4, 0.5) is 24.7 Å². The van der Waals surface area contributed by atoms with Crippen molar-refractivity contribution in [2.24, 2.45) is 0 Å². The molecule has 0 saturated carbocycles. The van der Waals surface area contributed by atoms with Gasteiger partial charge < -0.3 is 15.0 Å². The summed E-state index contributed by atoms with van der Waals surface area (Å²) < 4.78 is 45.1. The minimum Gasteiger partial charge on any atom is -0.493 e. The van der Waals surface area contributed by atoms with Crippen molar-refractivity contribution in [2.75, 3.05) is 11.9 Å². The molecule has 4 aromatic rings. The first kappa shape index (κ1) is 20.3. The summed E-state index contributed by atoms with van der Waals surface area (Å²) in [5, 5.41) is 13.5. The molecule has 0 aliphatic carbocycles. The van der Waals surface area contributed by atoms with Gasteiger partial charge >= 0.3 is 6.18 Å². The number of aromatic nitrogens is 2. The molecule has 156 valence electrons. The summed E-state index contributed by atoms with van der Waals surface area (Å²) in [6, 6.07) is 18.1. The predicted octanol–water partition coefficient (Wildman–Crippen LogP) is 5.82. The number of hydrogen-bond donors (Lipinski definition) is 2. The van der Waals surface area contributed by atoms with Crippen LogP contribution in [0.1, 0.15) is 16.8 Å². The molecule has 0 atom stereocenters. The Morgan fingerprint density at radius 2 is 1.90 bits per heavy atom. The van der Waals surface area contributed by atoms with Crippen LogP contribution in [0.3, 0.4) is 0 Å². The van der Waals surface area contributed by atoms with E-state index in [2.05, 4.69) is 15.3 Å². The van der Waals surface area contributed by atoms with E-state index in [-0.39, 0.29) is 24.3 Å². The van der Waals surface area contributed by atoms with Crippen molar-refractivity contribution in [3.8, 4) is 11.8 Å². The van der Waals surface area contributed by atoms with Gasteiger partial charge in [-0.25, -0.2) is 4.98 Å². The molecule has 8 heteroatoms. The summed E-state index contributed by atoms with van der Waals surface area (Å²) in [6.07, 6.45) is -2.50. The fourth-order valence-corrected chi connectivity index (χ4v) is 3.28. The van der Waals surface area contributed by atoms with E-state index in [0.717, 1.165) is 22.7 Å². The van der Waals surface area contributed by atoms with Crippen molar-refractivity contribution >= 4 is 22.4 Å². The molecular weight excluding hydrogens is 405 g/mol. The minimum absolute atomic E-state index is 0.0237. The second kappa shape index (κ2) is 8.40. The maximum Gasteiger partial charge on any atom is 0.416 e. The molecule has 0 aliphatic heterocycles. The average molecular weight is 422 g/mol. The van der Waals surface area contributed by atoms with Crippen LogP contribution >= 0.6 is 0 Å². The van der Waals surface area contributed by atoms with Gasteiger partial charge in [-0.1, -0.05) is 24.3 Å². The summed E-state index contributed by atoms with van der Waals surface area (Å²) in [4.78, 5) is 7.34. The van der Waals surface area contributed by atoms with Crippen molar-refractivity contribution in [1.82, 2.24) is 9.97 Å². The number of halogens is 3. The van der Waals surface area contributed by atoms with E-state index in [1.807, 2.05) is 36.5 Å². The van der Waals surface area contributed by atoms with E-state index < -0.39 is 11.7 Å². The van der Waals surface area contributed by atoms with E-state index >= 15 is 0 Å². The van der Waals surface area contributed by atoms with Crippen LogP contribution in [-0.2, 0) is 12.6 Å². The van der Waals surface area contributed by atoms with Gasteiger partial charge in [-0.3, -0.25) is 0 Å². The number of H-pyrrole nitrogens is 1. The van der Waals surface area contributed by atoms with Crippen LogP contribution in [0.25, 0.3) is 10.9 Å². The van der Waals surface area contributed by atoms with Gasteiger partial charge in [0.2, 0.25) is 0 Å². The van der Waals surface area contributed by atoms with Crippen molar-refractivity contribution in [3.05, 3.63) is 83.7 Å². The molecular formula is C23H17F3N4O. The standard InChI is InChI=1S/C23H17F3N4O/c24-23(25,26)20-4-2-1-3-15(20)8-10-31-19-11-18(14-27)30-22(13-19)29-17-6-5-16-7-9-28-21(16)12-17/h1-7,9,11-13,28H,8,10H2,(H,29,30). The quantitative estimate of drug-likeness (QED) is 0.411. The van der Waals surface area contributed by atoms with E-state index in [0.29, 0.717) is 11.6 Å². The molecule has 0 spiro atoms. The number of pyridine rings is 1. The molecule has 0 radical (unpaired) electrons. The fraction of sp³-hybridized carbons (Fsp3) is 0.130. The number of anilines is 2. The molecule has 0 saturated heterocycles. The van der Waals surface area contributed by atoms with Crippen molar-refractivity contribution in [2.45, 2.75) is 12.6 Å². The SMILES string of the molecule is N#Cc1cc(OCCc2ccccc2C(F)(F)F)cc(Nc2ccc3cc[nH]c3c2)n1. The Bertz CT molecular complexity index is 1260. The van der Waals surface area contributed by atoms with Gasteiger partial charge in [-0.15, -0.1) is 0 Å². The third-order valence-corrected chi connectivity index (χ3v) is 4.70. The van der Waals surface area contributed by atoms with Crippen LogP contribution in [-0.4, -0.2) is 16.6 Å². The number of benzene rings is 2. The Hall–Kier alpha value is -3.99. The Labute approximate surface area is 176 Å². The Morgan fingerprint density at radius 3 is 2.71 bits per heavy atom. The largest absolute Gasteiger partial charge is 0.493 e. The van der Waals surface area contributed by atoms with E-state index in [1.54, 1.807) is 12.1 Å². The lowest BCUT2D eigenvalue weighted by Crippen LogP contribution is -2.11. The van der Waals surface area contributed by atoms with Crippen molar-refractivity contribution < 1.29 is 17.9 Å². The first-order valence-corrected chi connectivity index (χ1v) is 9.46.